The maximum atomic E-state index is 11.2. The second kappa shape index (κ2) is 5.72. The predicted octanol–water partition coefficient (Wildman–Crippen LogP) is 1.88. The van der Waals surface area contributed by atoms with Gasteiger partial charge >= 0.3 is 6.09 Å². The SMILES string of the molecule is CC(N)CNC(=O)Oc1cccc(Br)c1. The lowest BCUT2D eigenvalue weighted by Crippen LogP contribution is -2.36. The monoisotopic (exact) mass is 272 g/mol. The molecule has 0 aliphatic rings. The number of amides is 1. The van der Waals surface area contributed by atoms with Crippen LogP contribution in [0.4, 0.5) is 4.79 Å². The van der Waals surface area contributed by atoms with Gasteiger partial charge in [0, 0.05) is 17.1 Å². The van der Waals surface area contributed by atoms with Crippen LogP contribution in [-0.4, -0.2) is 18.7 Å². The lowest BCUT2D eigenvalue weighted by atomic mass is 10.3. The van der Waals surface area contributed by atoms with Crippen LogP contribution in [0.1, 0.15) is 6.92 Å². The number of benzene rings is 1. The Balaban J connectivity index is 2.44. The highest BCUT2D eigenvalue weighted by Gasteiger charge is 2.04. The second-order valence-corrected chi connectivity index (χ2v) is 4.12. The van der Waals surface area contributed by atoms with Gasteiger partial charge in [-0.1, -0.05) is 22.0 Å². The van der Waals surface area contributed by atoms with Crippen LogP contribution in [0.5, 0.6) is 5.75 Å². The molecule has 1 amide bonds. The molecule has 1 unspecified atom stereocenters. The molecule has 0 aromatic heterocycles. The molecule has 82 valence electrons. The van der Waals surface area contributed by atoms with E-state index >= 15 is 0 Å². The van der Waals surface area contributed by atoms with Crippen LogP contribution in [0.2, 0.25) is 0 Å². The fourth-order valence-corrected chi connectivity index (χ4v) is 1.30. The number of hydrogen-bond donors (Lipinski definition) is 2. The van der Waals surface area contributed by atoms with E-state index in [9.17, 15) is 4.79 Å². The van der Waals surface area contributed by atoms with E-state index in [1.165, 1.54) is 0 Å². The number of carbonyl (C=O) groups excluding carboxylic acids is 1. The Labute approximate surface area is 96.9 Å². The Morgan fingerprint density at radius 1 is 1.67 bits per heavy atom. The quantitative estimate of drug-likeness (QED) is 0.883. The summed E-state index contributed by atoms with van der Waals surface area (Å²) in [4.78, 5) is 11.2. The predicted molar refractivity (Wildman–Crippen MR) is 61.8 cm³/mol. The number of nitrogens with two attached hydrogens (primary N) is 1. The molecule has 0 radical (unpaired) electrons. The lowest BCUT2D eigenvalue weighted by molar-refractivity contribution is 0.200. The molecular weight excluding hydrogens is 260 g/mol. The zero-order chi connectivity index (χ0) is 11.3. The van der Waals surface area contributed by atoms with Crippen molar-refractivity contribution in [2.75, 3.05) is 6.54 Å². The van der Waals surface area contributed by atoms with Gasteiger partial charge in [-0.25, -0.2) is 4.79 Å². The summed E-state index contributed by atoms with van der Waals surface area (Å²) in [7, 11) is 0. The van der Waals surface area contributed by atoms with Gasteiger partial charge in [-0.2, -0.15) is 0 Å². The molecular formula is C10H13BrN2O2. The van der Waals surface area contributed by atoms with Crippen molar-refractivity contribution < 1.29 is 9.53 Å². The van der Waals surface area contributed by atoms with Gasteiger partial charge in [0.05, 0.1) is 0 Å². The van der Waals surface area contributed by atoms with E-state index in [-0.39, 0.29) is 6.04 Å². The summed E-state index contributed by atoms with van der Waals surface area (Å²) in [5.41, 5.74) is 5.48. The first-order chi connectivity index (χ1) is 7.08. The summed E-state index contributed by atoms with van der Waals surface area (Å²) < 4.78 is 5.87. The Morgan fingerprint density at radius 3 is 3.00 bits per heavy atom. The van der Waals surface area contributed by atoms with Crippen LogP contribution in [0.3, 0.4) is 0 Å². The Morgan fingerprint density at radius 2 is 2.40 bits per heavy atom. The standard InChI is InChI=1S/C10H13BrN2O2/c1-7(12)6-13-10(14)15-9-4-2-3-8(11)5-9/h2-5,7H,6,12H2,1H3,(H,13,14). The van der Waals surface area contributed by atoms with Gasteiger partial charge in [0.15, 0.2) is 0 Å². The minimum atomic E-state index is -0.495. The van der Waals surface area contributed by atoms with Gasteiger partial charge in [-0.05, 0) is 25.1 Å². The van der Waals surface area contributed by atoms with E-state index in [1.54, 1.807) is 25.1 Å². The number of halogens is 1. The fraction of sp³-hybridized carbons (Fsp3) is 0.300. The highest BCUT2D eigenvalue weighted by Crippen LogP contribution is 2.17. The first kappa shape index (κ1) is 12.0. The maximum absolute atomic E-state index is 11.2. The molecule has 5 heteroatoms. The van der Waals surface area contributed by atoms with Crippen molar-refractivity contribution in [3.63, 3.8) is 0 Å². The smallest absolute Gasteiger partial charge is 0.410 e. The Hall–Kier alpha value is -1.07. The first-order valence-corrected chi connectivity index (χ1v) is 5.34. The van der Waals surface area contributed by atoms with Crippen molar-refractivity contribution in [3.8, 4) is 5.75 Å². The van der Waals surface area contributed by atoms with Gasteiger partial charge in [0.2, 0.25) is 0 Å². The Bertz CT molecular complexity index is 342. The number of carbonyl (C=O) groups is 1. The van der Waals surface area contributed by atoms with Gasteiger partial charge in [0.25, 0.3) is 0 Å². The molecule has 4 nitrogen and oxygen atoms in total. The van der Waals surface area contributed by atoms with E-state index in [0.717, 1.165) is 4.47 Å². The number of hydrogen-bond acceptors (Lipinski definition) is 3. The lowest BCUT2D eigenvalue weighted by Gasteiger charge is -2.08. The molecule has 15 heavy (non-hydrogen) atoms. The summed E-state index contributed by atoms with van der Waals surface area (Å²) in [6.45, 7) is 2.20. The van der Waals surface area contributed by atoms with Crippen LogP contribution >= 0.6 is 15.9 Å². The number of ether oxygens (including phenoxy) is 1. The van der Waals surface area contributed by atoms with Gasteiger partial charge < -0.3 is 15.8 Å². The van der Waals surface area contributed by atoms with Crippen molar-refractivity contribution in [1.29, 1.82) is 0 Å². The summed E-state index contributed by atoms with van der Waals surface area (Å²) in [6, 6.07) is 6.98. The molecule has 0 saturated heterocycles. The van der Waals surface area contributed by atoms with Crippen molar-refractivity contribution in [2.24, 2.45) is 5.73 Å². The maximum Gasteiger partial charge on any atom is 0.412 e. The average Bonchev–Trinajstić information content (AvgIpc) is 2.15. The van der Waals surface area contributed by atoms with Gasteiger partial charge in [-0.3, -0.25) is 0 Å². The van der Waals surface area contributed by atoms with Gasteiger partial charge in [0.1, 0.15) is 5.75 Å². The highest BCUT2D eigenvalue weighted by atomic mass is 79.9. The Kier molecular flexibility index (Phi) is 4.58. The zero-order valence-electron chi connectivity index (χ0n) is 8.37. The second-order valence-electron chi connectivity index (χ2n) is 3.21. The third-order valence-corrected chi connectivity index (χ3v) is 2.07. The van der Waals surface area contributed by atoms with Crippen molar-refractivity contribution >= 4 is 22.0 Å². The largest absolute Gasteiger partial charge is 0.412 e. The molecule has 3 N–H and O–H groups in total. The van der Waals surface area contributed by atoms with Crippen LogP contribution in [0.25, 0.3) is 0 Å². The van der Waals surface area contributed by atoms with E-state index in [0.29, 0.717) is 12.3 Å². The fourth-order valence-electron chi connectivity index (χ4n) is 0.918. The molecule has 1 rings (SSSR count). The van der Waals surface area contributed by atoms with Gasteiger partial charge in [-0.15, -0.1) is 0 Å². The van der Waals surface area contributed by atoms with Crippen LogP contribution in [0.15, 0.2) is 28.7 Å². The molecule has 0 aliphatic carbocycles. The molecule has 0 heterocycles. The minimum absolute atomic E-state index is 0.0833. The molecule has 1 atom stereocenters. The van der Waals surface area contributed by atoms with Crippen LogP contribution in [-0.2, 0) is 0 Å². The highest BCUT2D eigenvalue weighted by molar-refractivity contribution is 9.10. The normalized spacial score (nSPS) is 11.9. The molecule has 0 fully saturated rings. The minimum Gasteiger partial charge on any atom is -0.410 e. The molecule has 0 saturated carbocycles. The third-order valence-electron chi connectivity index (χ3n) is 1.58. The number of nitrogens with one attached hydrogen (secondary N) is 1. The average molecular weight is 273 g/mol. The summed E-state index contributed by atoms with van der Waals surface area (Å²) >= 11 is 3.28. The number of rotatable bonds is 3. The van der Waals surface area contributed by atoms with E-state index < -0.39 is 6.09 Å². The summed E-state index contributed by atoms with van der Waals surface area (Å²) in [5.74, 6) is 0.492. The zero-order valence-corrected chi connectivity index (χ0v) is 9.95. The molecule has 0 aliphatic heterocycles. The van der Waals surface area contributed by atoms with Crippen molar-refractivity contribution in [3.05, 3.63) is 28.7 Å². The summed E-state index contributed by atoms with van der Waals surface area (Å²) in [6.07, 6.45) is -0.495. The van der Waals surface area contributed by atoms with E-state index in [1.807, 2.05) is 6.07 Å². The topological polar surface area (TPSA) is 64.3 Å². The van der Waals surface area contributed by atoms with Crippen molar-refractivity contribution in [1.82, 2.24) is 5.32 Å². The first-order valence-electron chi connectivity index (χ1n) is 4.55. The summed E-state index contributed by atoms with van der Waals surface area (Å²) in [5, 5.41) is 2.55. The molecule has 1 aromatic carbocycles. The molecule has 0 bridgehead atoms. The molecule has 0 spiro atoms. The van der Waals surface area contributed by atoms with E-state index in [4.69, 9.17) is 10.5 Å². The molecule has 1 aromatic rings. The van der Waals surface area contributed by atoms with Crippen molar-refractivity contribution in [2.45, 2.75) is 13.0 Å². The van der Waals surface area contributed by atoms with Crippen LogP contribution < -0.4 is 15.8 Å². The van der Waals surface area contributed by atoms with Crippen LogP contribution in [0, 0.1) is 0 Å². The third kappa shape index (κ3) is 4.80. The van der Waals surface area contributed by atoms with E-state index in [2.05, 4.69) is 21.2 Å².